The van der Waals surface area contributed by atoms with Crippen LogP contribution in [0.2, 0.25) is 0 Å². The average Bonchev–Trinajstić information content (AvgIpc) is 3.37. The summed E-state index contributed by atoms with van der Waals surface area (Å²) in [5, 5.41) is 22.1. The van der Waals surface area contributed by atoms with Gasteiger partial charge in [-0.1, -0.05) is 36.4 Å². The van der Waals surface area contributed by atoms with Gasteiger partial charge in [-0.3, -0.25) is 9.89 Å². The van der Waals surface area contributed by atoms with Crippen molar-refractivity contribution in [3.8, 4) is 0 Å². The van der Waals surface area contributed by atoms with E-state index in [1.54, 1.807) is 24.3 Å². The van der Waals surface area contributed by atoms with Gasteiger partial charge in [0.25, 0.3) is 5.91 Å². The molecular weight excluding hydrogens is 374 g/mol. The number of nitrogens with zero attached hydrogens (tertiary/aromatic N) is 1. The van der Waals surface area contributed by atoms with Gasteiger partial charge in [0.15, 0.2) is 0 Å². The van der Waals surface area contributed by atoms with Gasteiger partial charge in [0, 0.05) is 11.1 Å². The molecule has 0 aliphatic heterocycles. The van der Waals surface area contributed by atoms with Gasteiger partial charge in [-0.15, -0.1) is 11.3 Å². The van der Waals surface area contributed by atoms with Crippen LogP contribution >= 0.6 is 11.3 Å². The summed E-state index contributed by atoms with van der Waals surface area (Å²) in [6, 6.07) is 15.9. The number of aromatic amines is 1. The molecule has 0 saturated carbocycles. The fourth-order valence-electron chi connectivity index (χ4n) is 2.81. The SMILES string of the molecule is O=C(O)c1ccc(/C=C/c2n[nH]c3ccccc23)c(NC(=O)c2cccs2)c1. The normalized spacial score (nSPS) is 11.1. The monoisotopic (exact) mass is 389 g/mol. The number of nitrogens with one attached hydrogen (secondary N) is 2. The van der Waals surface area contributed by atoms with E-state index in [1.165, 1.54) is 23.5 Å². The third-order valence-electron chi connectivity index (χ3n) is 4.21. The zero-order chi connectivity index (χ0) is 19.5. The first-order valence-electron chi connectivity index (χ1n) is 8.45. The molecule has 2 heterocycles. The van der Waals surface area contributed by atoms with Crippen LogP contribution in [0.15, 0.2) is 60.0 Å². The summed E-state index contributed by atoms with van der Waals surface area (Å²) < 4.78 is 0. The summed E-state index contributed by atoms with van der Waals surface area (Å²) in [6.45, 7) is 0. The molecule has 0 fully saturated rings. The van der Waals surface area contributed by atoms with Crippen molar-refractivity contribution >= 4 is 52.0 Å². The topological polar surface area (TPSA) is 95.1 Å². The van der Waals surface area contributed by atoms with Gasteiger partial charge in [0.1, 0.15) is 0 Å². The summed E-state index contributed by atoms with van der Waals surface area (Å²) in [5.41, 5.74) is 2.89. The molecule has 4 aromatic rings. The van der Waals surface area contributed by atoms with E-state index in [2.05, 4.69) is 15.5 Å². The number of carbonyl (C=O) groups is 2. The van der Waals surface area contributed by atoms with Crippen LogP contribution in [0.25, 0.3) is 23.1 Å². The van der Waals surface area contributed by atoms with Crippen molar-refractivity contribution in [1.29, 1.82) is 0 Å². The number of H-pyrrole nitrogens is 1. The second-order valence-corrected chi connectivity index (χ2v) is 6.97. The van der Waals surface area contributed by atoms with Crippen LogP contribution in [0.4, 0.5) is 5.69 Å². The molecule has 0 bridgehead atoms. The minimum Gasteiger partial charge on any atom is -0.478 e. The first kappa shape index (κ1) is 17.7. The van der Waals surface area contributed by atoms with E-state index < -0.39 is 5.97 Å². The van der Waals surface area contributed by atoms with Gasteiger partial charge in [0.2, 0.25) is 0 Å². The van der Waals surface area contributed by atoms with E-state index >= 15 is 0 Å². The molecule has 6 nitrogen and oxygen atoms in total. The average molecular weight is 389 g/mol. The molecule has 3 N–H and O–H groups in total. The lowest BCUT2D eigenvalue weighted by Crippen LogP contribution is -2.12. The highest BCUT2D eigenvalue weighted by atomic mass is 32.1. The van der Waals surface area contributed by atoms with E-state index in [-0.39, 0.29) is 11.5 Å². The zero-order valence-corrected chi connectivity index (χ0v) is 15.4. The highest BCUT2D eigenvalue weighted by Gasteiger charge is 2.12. The van der Waals surface area contributed by atoms with Crippen molar-refractivity contribution in [1.82, 2.24) is 10.2 Å². The van der Waals surface area contributed by atoms with Crippen LogP contribution in [0, 0.1) is 0 Å². The summed E-state index contributed by atoms with van der Waals surface area (Å²) in [5.74, 6) is -1.34. The Kier molecular flexibility index (Phi) is 4.74. The number of hydrogen-bond acceptors (Lipinski definition) is 4. The molecule has 0 unspecified atom stereocenters. The fourth-order valence-corrected chi connectivity index (χ4v) is 3.43. The maximum atomic E-state index is 12.4. The van der Waals surface area contributed by atoms with Crippen molar-refractivity contribution < 1.29 is 14.7 Å². The zero-order valence-electron chi connectivity index (χ0n) is 14.5. The first-order valence-corrected chi connectivity index (χ1v) is 9.33. The number of rotatable bonds is 5. The molecule has 7 heteroatoms. The Morgan fingerprint density at radius 2 is 1.93 bits per heavy atom. The molecule has 0 atom stereocenters. The summed E-state index contributed by atoms with van der Waals surface area (Å²) in [4.78, 5) is 24.3. The maximum Gasteiger partial charge on any atom is 0.335 e. The van der Waals surface area contributed by atoms with Crippen LogP contribution < -0.4 is 5.32 Å². The van der Waals surface area contributed by atoms with Crippen molar-refractivity contribution in [2.45, 2.75) is 0 Å². The highest BCUT2D eigenvalue weighted by Crippen LogP contribution is 2.24. The largest absolute Gasteiger partial charge is 0.478 e. The number of thiophene rings is 1. The number of anilines is 1. The van der Waals surface area contributed by atoms with Crippen LogP contribution in [0.1, 0.15) is 31.3 Å². The maximum absolute atomic E-state index is 12.4. The van der Waals surface area contributed by atoms with Crippen molar-refractivity contribution in [3.63, 3.8) is 0 Å². The number of carboxylic acids is 1. The third kappa shape index (κ3) is 3.56. The number of hydrogen-bond donors (Lipinski definition) is 3. The molecule has 28 heavy (non-hydrogen) atoms. The van der Waals surface area contributed by atoms with Gasteiger partial charge in [-0.05, 0) is 41.3 Å². The molecule has 0 saturated heterocycles. The highest BCUT2D eigenvalue weighted by molar-refractivity contribution is 7.12. The lowest BCUT2D eigenvalue weighted by atomic mass is 10.1. The molecule has 2 aromatic heterocycles. The van der Waals surface area contributed by atoms with Crippen LogP contribution in [-0.2, 0) is 0 Å². The Balaban J connectivity index is 1.69. The smallest absolute Gasteiger partial charge is 0.335 e. The van der Waals surface area contributed by atoms with Crippen molar-refractivity contribution in [3.05, 3.63) is 81.7 Å². The van der Waals surface area contributed by atoms with Crippen molar-refractivity contribution in [2.24, 2.45) is 0 Å². The lowest BCUT2D eigenvalue weighted by Gasteiger charge is -2.09. The minimum absolute atomic E-state index is 0.101. The van der Waals surface area contributed by atoms with Gasteiger partial charge in [0.05, 0.1) is 21.7 Å². The standard InChI is InChI=1S/C21H15N3O3S/c25-20(19-6-3-11-28-19)22-18-12-14(21(26)27)8-7-13(18)9-10-17-15-4-1-2-5-16(15)23-24-17/h1-12H,(H,22,25)(H,23,24)(H,26,27)/b10-9+. The van der Waals surface area contributed by atoms with Crippen LogP contribution in [0.3, 0.4) is 0 Å². The Morgan fingerprint density at radius 3 is 2.71 bits per heavy atom. The fraction of sp³-hybridized carbons (Fsp3) is 0. The summed E-state index contributed by atoms with van der Waals surface area (Å²) in [6.07, 6.45) is 3.63. The van der Waals surface area contributed by atoms with Gasteiger partial charge >= 0.3 is 5.97 Å². The first-order chi connectivity index (χ1) is 13.6. The molecule has 0 aliphatic rings. The Labute approximate surface area is 164 Å². The quantitative estimate of drug-likeness (QED) is 0.459. The molecule has 138 valence electrons. The Hall–Kier alpha value is -3.71. The third-order valence-corrected chi connectivity index (χ3v) is 5.08. The molecular formula is C21H15N3O3S. The lowest BCUT2D eigenvalue weighted by molar-refractivity contribution is 0.0696. The number of carbonyl (C=O) groups excluding carboxylic acids is 1. The van der Waals surface area contributed by atoms with Crippen LogP contribution in [0.5, 0.6) is 0 Å². The molecule has 0 aliphatic carbocycles. The second kappa shape index (κ2) is 7.50. The number of fused-ring (bicyclic) bond motifs is 1. The predicted molar refractivity (Wildman–Crippen MR) is 111 cm³/mol. The molecule has 4 rings (SSSR count). The number of carboxylic acid groups (broad SMARTS) is 1. The molecule has 0 spiro atoms. The Bertz CT molecular complexity index is 1190. The van der Waals surface area contributed by atoms with Gasteiger partial charge in [-0.2, -0.15) is 5.10 Å². The van der Waals surface area contributed by atoms with Crippen molar-refractivity contribution in [2.75, 3.05) is 5.32 Å². The number of aromatic carboxylic acids is 1. The second-order valence-electron chi connectivity index (χ2n) is 6.03. The number of aromatic nitrogens is 2. The van der Waals surface area contributed by atoms with E-state index in [1.807, 2.05) is 35.7 Å². The minimum atomic E-state index is -1.06. The Morgan fingerprint density at radius 1 is 1.07 bits per heavy atom. The summed E-state index contributed by atoms with van der Waals surface area (Å²) >= 11 is 1.32. The molecule has 0 radical (unpaired) electrons. The predicted octanol–water partition coefficient (Wildman–Crippen LogP) is 4.75. The van der Waals surface area contributed by atoms with E-state index in [0.29, 0.717) is 16.1 Å². The van der Waals surface area contributed by atoms with E-state index in [0.717, 1.165) is 16.6 Å². The van der Waals surface area contributed by atoms with Gasteiger partial charge in [-0.25, -0.2) is 4.79 Å². The van der Waals surface area contributed by atoms with Gasteiger partial charge < -0.3 is 10.4 Å². The number of para-hydroxylation sites is 1. The van der Waals surface area contributed by atoms with Crippen LogP contribution in [-0.4, -0.2) is 27.2 Å². The number of amides is 1. The van der Waals surface area contributed by atoms with E-state index in [4.69, 9.17) is 0 Å². The number of benzene rings is 2. The molecule has 2 aromatic carbocycles. The molecule has 1 amide bonds. The van der Waals surface area contributed by atoms with E-state index in [9.17, 15) is 14.7 Å². The summed E-state index contributed by atoms with van der Waals surface area (Å²) in [7, 11) is 0.